The van der Waals surface area contributed by atoms with E-state index in [9.17, 15) is 4.79 Å². The molecule has 1 aliphatic rings. The van der Waals surface area contributed by atoms with Gasteiger partial charge in [-0.05, 0) is 68.0 Å². The van der Waals surface area contributed by atoms with Gasteiger partial charge in [-0.2, -0.15) is 5.10 Å². The maximum absolute atomic E-state index is 11.9. The minimum Gasteiger partial charge on any atom is -0.487 e. The molecule has 0 saturated heterocycles. The minimum absolute atomic E-state index is 0.00637. The van der Waals surface area contributed by atoms with E-state index in [0.29, 0.717) is 6.61 Å². The van der Waals surface area contributed by atoms with Gasteiger partial charge < -0.3 is 4.74 Å². The van der Waals surface area contributed by atoms with E-state index in [-0.39, 0.29) is 11.8 Å². The van der Waals surface area contributed by atoms with Gasteiger partial charge in [-0.15, -0.1) is 0 Å². The molecule has 0 unspecified atom stereocenters. The number of benzene rings is 2. The summed E-state index contributed by atoms with van der Waals surface area (Å²) < 4.78 is 7.52. The Morgan fingerprint density at radius 2 is 1.88 bits per heavy atom. The number of hydrazone groups is 1. The molecule has 6 heteroatoms. The van der Waals surface area contributed by atoms with Crippen molar-refractivity contribution in [3.8, 4) is 5.75 Å². The molecule has 0 radical (unpaired) electrons. The number of carbonyl (C=O) groups is 1. The van der Waals surface area contributed by atoms with Crippen LogP contribution in [0.2, 0.25) is 0 Å². The van der Waals surface area contributed by atoms with Crippen molar-refractivity contribution in [2.45, 2.75) is 19.4 Å². The zero-order chi connectivity index (χ0) is 18.5. The zero-order valence-corrected chi connectivity index (χ0v) is 17.2. The molecule has 1 amide bonds. The van der Waals surface area contributed by atoms with Crippen molar-refractivity contribution >= 4 is 44.0 Å². The summed E-state index contributed by atoms with van der Waals surface area (Å²) in [6, 6.07) is 13.8. The lowest BCUT2D eigenvalue weighted by molar-refractivity contribution is -0.126. The number of hydrogen-bond acceptors (Lipinski definition) is 3. The van der Waals surface area contributed by atoms with E-state index in [0.717, 1.165) is 44.2 Å². The third-order valence-corrected chi connectivity index (χ3v) is 5.25. The molecule has 0 aromatic heterocycles. The molecule has 2 aromatic carbocycles. The smallest absolute Gasteiger partial charge is 0.243 e. The van der Waals surface area contributed by atoms with Crippen LogP contribution >= 0.6 is 31.9 Å². The predicted molar refractivity (Wildman–Crippen MR) is 110 cm³/mol. The number of amides is 1. The highest BCUT2D eigenvalue weighted by Crippen LogP contribution is 2.35. The summed E-state index contributed by atoms with van der Waals surface area (Å²) in [5, 5.41) is 4.04. The SMILES string of the molecule is C=C1CC(C(=O)N/N=C\c2cc(Br)c(OCc3ccccc3)c(Br)c2)C1. The van der Waals surface area contributed by atoms with Gasteiger partial charge in [0.25, 0.3) is 0 Å². The molecule has 0 atom stereocenters. The first-order valence-corrected chi connectivity index (χ1v) is 9.77. The minimum atomic E-state index is -0.0606. The van der Waals surface area contributed by atoms with Crippen LogP contribution in [-0.2, 0) is 11.4 Å². The molecule has 1 saturated carbocycles. The first-order valence-electron chi connectivity index (χ1n) is 8.18. The van der Waals surface area contributed by atoms with E-state index in [2.05, 4.69) is 49.0 Å². The van der Waals surface area contributed by atoms with Crippen molar-refractivity contribution in [3.05, 3.63) is 74.7 Å². The van der Waals surface area contributed by atoms with Gasteiger partial charge in [0.15, 0.2) is 0 Å². The first kappa shape index (κ1) is 18.9. The number of hydrogen-bond donors (Lipinski definition) is 1. The number of allylic oxidation sites excluding steroid dienone is 1. The molecule has 26 heavy (non-hydrogen) atoms. The summed E-state index contributed by atoms with van der Waals surface area (Å²) in [7, 11) is 0. The molecule has 1 N–H and O–H groups in total. The Balaban J connectivity index is 1.60. The van der Waals surface area contributed by atoms with Crippen LogP contribution in [0, 0.1) is 5.92 Å². The van der Waals surface area contributed by atoms with Crippen LogP contribution in [0.4, 0.5) is 0 Å². The summed E-state index contributed by atoms with van der Waals surface area (Å²) in [5.74, 6) is 0.671. The molecule has 3 rings (SSSR count). The number of carbonyl (C=O) groups excluding carboxylic acids is 1. The highest BCUT2D eigenvalue weighted by molar-refractivity contribution is 9.11. The molecular formula is C20H18Br2N2O2. The summed E-state index contributed by atoms with van der Waals surface area (Å²) in [5.41, 5.74) is 5.64. The summed E-state index contributed by atoms with van der Waals surface area (Å²) >= 11 is 7.06. The zero-order valence-electron chi connectivity index (χ0n) is 14.0. The molecule has 0 heterocycles. The monoisotopic (exact) mass is 476 g/mol. The number of ether oxygens (including phenoxy) is 1. The summed E-state index contributed by atoms with van der Waals surface area (Å²) in [4.78, 5) is 11.9. The van der Waals surface area contributed by atoms with Crippen LogP contribution in [0.3, 0.4) is 0 Å². The Morgan fingerprint density at radius 3 is 2.50 bits per heavy atom. The van der Waals surface area contributed by atoms with E-state index in [1.807, 2.05) is 42.5 Å². The molecule has 0 spiro atoms. The summed E-state index contributed by atoms with van der Waals surface area (Å²) in [6.07, 6.45) is 3.12. The molecule has 4 nitrogen and oxygen atoms in total. The van der Waals surface area contributed by atoms with E-state index >= 15 is 0 Å². The van der Waals surface area contributed by atoms with Crippen molar-refractivity contribution in [2.24, 2.45) is 11.0 Å². The van der Waals surface area contributed by atoms with Crippen LogP contribution in [0.1, 0.15) is 24.0 Å². The maximum Gasteiger partial charge on any atom is 0.243 e. The van der Waals surface area contributed by atoms with E-state index in [1.54, 1.807) is 6.21 Å². The average molecular weight is 478 g/mol. The van der Waals surface area contributed by atoms with Crippen LogP contribution in [-0.4, -0.2) is 12.1 Å². The Kier molecular flexibility index (Phi) is 6.27. The topological polar surface area (TPSA) is 50.7 Å². The van der Waals surface area contributed by atoms with Crippen molar-refractivity contribution in [1.82, 2.24) is 5.43 Å². The van der Waals surface area contributed by atoms with Crippen molar-refractivity contribution in [2.75, 3.05) is 0 Å². The van der Waals surface area contributed by atoms with Gasteiger partial charge in [0.2, 0.25) is 5.91 Å². The largest absolute Gasteiger partial charge is 0.487 e. The van der Waals surface area contributed by atoms with Crippen LogP contribution < -0.4 is 10.2 Å². The second kappa shape index (κ2) is 8.64. The fraction of sp³-hybridized carbons (Fsp3) is 0.200. The third kappa shape index (κ3) is 4.83. The lowest BCUT2D eigenvalue weighted by Crippen LogP contribution is -2.32. The van der Waals surface area contributed by atoms with Gasteiger partial charge in [0.1, 0.15) is 12.4 Å². The van der Waals surface area contributed by atoms with Gasteiger partial charge in [-0.3, -0.25) is 4.79 Å². The molecule has 1 fully saturated rings. The second-order valence-electron chi connectivity index (χ2n) is 6.18. The lowest BCUT2D eigenvalue weighted by atomic mass is 9.81. The molecule has 0 bridgehead atoms. The highest BCUT2D eigenvalue weighted by atomic mass is 79.9. The molecule has 0 aliphatic heterocycles. The first-order chi connectivity index (χ1) is 12.5. The summed E-state index contributed by atoms with van der Waals surface area (Å²) in [6.45, 7) is 4.32. The van der Waals surface area contributed by atoms with Gasteiger partial charge in [-0.1, -0.05) is 42.5 Å². The lowest BCUT2D eigenvalue weighted by Gasteiger charge is -2.25. The highest BCUT2D eigenvalue weighted by Gasteiger charge is 2.28. The predicted octanol–water partition coefficient (Wildman–Crippen LogP) is 5.21. The molecule has 2 aromatic rings. The van der Waals surface area contributed by atoms with Crippen LogP contribution in [0.15, 0.2) is 68.7 Å². The number of nitrogens with one attached hydrogen (secondary N) is 1. The van der Waals surface area contributed by atoms with E-state index < -0.39 is 0 Å². The van der Waals surface area contributed by atoms with Gasteiger partial charge in [-0.25, -0.2) is 5.43 Å². The quantitative estimate of drug-likeness (QED) is 0.353. The van der Waals surface area contributed by atoms with E-state index in [4.69, 9.17) is 4.74 Å². The maximum atomic E-state index is 11.9. The number of rotatable bonds is 6. The van der Waals surface area contributed by atoms with Gasteiger partial charge >= 0.3 is 0 Å². The Morgan fingerprint density at radius 1 is 1.23 bits per heavy atom. The third-order valence-electron chi connectivity index (χ3n) is 4.08. The standard InChI is InChI=1S/C20H18Br2N2O2/c1-13-7-16(8-13)20(25)24-23-11-15-9-17(21)19(18(22)10-15)26-12-14-5-3-2-4-6-14/h2-6,9-11,16H,1,7-8,12H2,(H,24,25)/b23-11-. The Labute approximate surface area is 169 Å². The molecule has 134 valence electrons. The average Bonchev–Trinajstić information content (AvgIpc) is 2.59. The van der Waals surface area contributed by atoms with Crippen LogP contribution in [0.5, 0.6) is 5.75 Å². The van der Waals surface area contributed by atoms with Crippen LogP contribution in [0.25, 0.3) is 0 Å². The Bertz CT molecular complexity index is 819. The fourth-order valence-electron chi connectivity index (χ4n) is 2.61. The Hall–Kier alpha value is -1.92. The van der Waals surface area contributed by atoms with Gasteiger partial charge in [0.05, 0.1) is 15.2 Å². The molecular weight excluding hydrogens is 460 g/mol. The van der Waals surface area contributed by atoms with Crippen molar-refractivity contribution in [1.29, 1.82) is 0 Å². The number of nitrogens with zero attached hydrogens (tertiary/aromatic N) is 1. The van der Waals surface area contributed by atoms with Crippen molar-refractivity contribution < 1.29 is 9.53 Å². The molecule has 1 aliphatic carbocycles. The van der Waals surface area contributed by atoms with Gasteiger partial charge in [0, 0.05) is 5.92 Å². The number of halogens is 2. The van der Waals surface area contributed by atoms with Crippen molar-refractivity contribution in [3.63, 3.8) is 0 Å². The normalized spacial score (nSPS) is 14.3. The fourth-order valence-corrected chi connectivity index (χ4v) is 4.06. The second-order valence-corrected chi connectivity index (χ2v) is 7.89. The van der Waals surface area contributed by atoms with E-state index in [1.165, 1.54) is 0 Å².